The van der Waals surface area contributed by atoms with Crippen molar-refractivity contribution in [3.63, 3.8) is 0 Å². The molecule has 0 saturated heterocycles. The smallest absolute Gasteiger partial charge is 0.121 e. The summed E-state index contributed by atoms with van der Waals surface area (Å²) in [6.45, 7) is 4.55. The first-order chi connectivity index (χ1) is 9.67. The molecule has 0 radical (unpaired) electrons. The van der Waals surface area contributed by atoms with Crippen LogP contribution in [0.15, 0.2) is 36.5 Å². The van der Waals surface area contributed by atoms with Crippen LogP contribution in [0, 0.1) is 5.41 Å². The lowest BCUT2D eigenvalue weighted by Crippen LogP contribution is -2.62. The summed E-state index contributed by atoms with van der Waals surface area (Å²) in [7, 11) is 2.04. The van der Waals surface area contributed by atoms with Gasteiger partial charge in [0, 0.05) is 35.5 Å². The Labute approximate surface area is 120 Å². The fraction of sp³-hybridized carbons (Fsp3) is 0.471. The third kappa shape index (κ3) is 2.06. The number of aromatic nitrogens is 1. The van der Waals surface area contributed by atoms with Crippen molar-refractivity contribution in [3.05, 3.63) is 36.5 Å². The highest BCUT2D eigenvalue weighted by Gasteiger charge is 2.51. The van der Waals surface area contributed by atoms with Crippen molar-refractivity contribution in [2.45, 2.75) is 38.8 Å². The Kier molecular flexibility index (Phi) is 3.38. The normalized spacial score (nSPS) is 29.1. The van der Waals surface area contributed by atoms with E-state index < -0.39 is 0 Å². The zero-order chi connectivity index (χ0) is 14.2. The summed E-state index contributed by atoms with van der Waals surface area (Å²) >= 11 is 0. The molecule has 1 aliphatic rings. The number of hydrogen-bond donors (Lipinski definition) is 1. The van der Waals surface area contributed by atoms with Crippen molar-refractivity contribution >= 4 is 10.9 Å². The zero-order valence-electron chi connectivity index (χ0n) is 12.4. The number of rotatable bonds is 4. The van der Waals surface area contributed by atoms with Gasteiger partial charge in [-0.2, -0.15) is 0 Å². The quantitative estimate of drug-likeness (QED) is 0.924. The molecule has 106 valence electrons. The van der Waals surface area contributed by atoms with E-state index in [1.165, 1.54) is 0 Å². The first-order valence-electron chi connectivity index (χ1n) is 7.36. The summed E-state index contributed by atoms with van der Waals surface area (Å²) < 4.78 is 6.22. The zero-order valence-corrected chi connectivity index (χ0v) is 12.4. The van der Waals surface area contributed by atoms with Crippen LogP contribution in [0.25, 0.3) is 10.9 Å². The van der Waals surface area contributed by atoms with E-state index in [0.717, 1.165) is 29.5 Å². The van der Waals surface area contributed by atoms with Gasteiger partial charge in [-0.05, 0) is 31.7 Å². The Morgan fingerprint density at radius 2 is 2.25 bits per heavy atom. The van der Waals surface area contributed by atoms with Crippen molar-refractivity contribution in [2.75, 3.05) is 7.05 Å². The van der Waals surface area contributed by atoms with E-state index >= 15 is 0 Å². The van der Waals surface area contributed by atoms with Crippen molar-refractivity contribution in [1.29, 1.82) is 0 Å². The van der Waals surface area contributed by atoms with Gasteiger partial charge < -0.3 is 10.1 Å². The summed E-state index contributed by atoms with van der Waals surface area (Å²) in [5.74, 6) is 0.926. The molecule has 3 heteroatoms. The number of ether oxygens (including phenoxy) is 1. The van der Waals surface area contributed by atoms with Gasteiger partial charge in [0.2, 0.25) is 0 Å². The molecule has 2 aromatic rings. The predicted octanol–water partition coefficient (Wildman–Crippen LogP) is 3.39. The van der Waals surface area contributed by atoms with Crippen molar-refractivity contribution < 1.29 is 4.74 Å². The van der Waals surface area contributed by atoms with Gasteiger partial charge in [0.25, 0.3) is 0 Å². The number of nitrogens with zero attached hydrogens (tertiary/aromatic N) is 1. The standard InChI is InChI=1S/C17H22N2O/c1-4-17(2)15(18-3)11-16(17)20-13-8-7-12-6-5-9-19-14(12)10-13/h5-10,15-16,18H,4,11H2,1-3H3. The molecule has 1 aromatic heterocycles. The number of fused-ring (bicyclic) bond motifs is 1. The third-order valence-corrected chi connectivity index (χ3v) is 4.95. The van der Waals surface area contributed by atoms with Crippen LogP contribution in [-0.2, 0) is 0 Å². The van der Waals surface area contributed by atoms with E-state index in [4.69, 9.17) is 4.74 Å². The molecule has 0 spiro atoms. The van der Waals surface area contributed by atoms with Gasteiger partial charge in [-0.3, -0.25) is 4.98 Å². The van der Waals surface area contributed by atoms with Gasteiger partial charge in [-0.25, -0.2) is 0 Å². The molecule has 1 fully saturated rings. The molecular formula is C17H22N2O. The Balaban J connectivity index is 1.80. The fourth-order valence-corrected chi connectivity index (χ4v) is 3.20. The molecule has 3 nitrogen and oxygen atoms in total. The van der Waals surface area contributed by atoms with Crippen LogP contribution in [0.2, 0.25) is 0 Å². The van der Waals surface area contributed by atoms with Crippen molar-refractivity contribution in [1.82, 2.24) is 10.3 Å². The van der Waals surface area contributed by atoms with E-state index in [2.05, 4.69) is 36.3 Å². The highest BCUT2D eigenvalue weighted by atomic mass is 16.5. The van der Waals surface area contributed by atoms with Crippen LogP contribution in [-0.4, -0.2) is 24.2 Å². The van der Waals surface area contributed by atoms with Gasteiger partial charge in [-0.1, -0.05) is 19.9 Å². The summed E-state index contributed by atoms with van der Waals surface area (Å²) in [5.41, 5.74) is 1.21. The largest absolute Gasteiger partial charge is 0.490 e. The SMILES string of the molecule is CCC1(C)C(NC)CC1Oc1ccc2cccnc2c1. The van der Waals surface area contributed by atoms with Gasteiger partial charge in [0.15, 0.2) is 0 Å². The van der Waals surface area contributed by atoms with Crippen molar-refractivity contribution in [2.24, 2.45) is 5.41 Å². The molecule has 1 aromatic carbocycles. The molecule has 1 N–H and O–H groups in total. The van der Waals surface area contributed by atoms with Crippen LogP contribution in [0.5, 0.6) is 5.75 Å². The first kappa shape index (κ1) is 13.4. The highest BCUT2D eigenvalue weighted by Crippen LogP contribution is 2.46. The van der Waals surface area contributed by atoms with Gasteiger partial charge in [-0.15, -0.1) is 0 Å². The van der Waals surface area contributed by atoms with Crippen molar-refractivity contribution in [3.8, 4) is 5.75 Å². The minimum absolute atomic E-state index is 0.216. The maximum atomic E-state index is 6.22. The topological polar surface area (TPSA) is 34.1 Å². The number of benzene rings is 1. The van der Waals surface area contributed by atoms with E-state index in [0.29, 0.717) is 6.04 Å². The van der Waals surface area contributed by atoms with Crippen LogP contribution < -0.4 is 10.1 Å². The second kappa shape index (κ2) is 5.06. The van der Waals surface area contributed by atoms with E-state index in [1.54, 1.807) is 0 Å². The maximum Gasteiger partial charge on any atom is 0.121 e. The van der Waals surface area contributed by atoms with Gasteiger partial charge in [0.05, 0.1) is 5.52 Å². The molecule has 0 amide bonds. The predicted molar refractivity (Wildman–Crippen MR) is 82.0 cm³/mol. The summed E-state index contributed by atoms with van der Waals surface area (Å²) in [6.07, 6.45) is 4.30. The lowest BCUT2D eigenvalue weighted by molar-refractivity contribution is -0.0676. The molecule has 3 unspecified atom stereocenters. The number of nitrogens with one attached hydrogen (secondary N) is 1. The average Bonchev–Trinajstić information content (AvgIpc) is 2.50. The molecule has 0 aliphatic heterocycles. The number of pyridine rings is 1. The maximum absolute atomic E-state index is 6.22. The van der Waals surface area contributed by atoms with Crippen LogP contribution in [0.4, 0.5) is 0 Å². The fourth-order valence-electron chi connectivity index (χ4n) is 3.20. The molecule has 0 bridgehead atoms. The third-order valence-electron chi connectivity index (χ3n) is 4.95. The minimum atomic E-state index is 0.216. The molecule has 1 saturated carbocycles. The van der Waals surface area contributed by atoms with Crippen LogP contribution >= 0.6 is 0 Å². The van der Waals surface area contributed by atoms with Crippen LogP contribution in [0.3, 0.4) is 0 Å². The minimum Gasteiger partial charge on any atom is -0.490 e. The van der Waals surface area contributed by atoms with E-state index in [-0.39, 0.29) is 11.5 Å². The Morgan fingerprint density at radius 3 is 3.00 bits per heavy atom. The second-order valence-electron chi connectivity index (χ2n) is 5.90. The average molecular weight is 270 g/mol. The summed E-state index contributed by atoms with van der Waals surface area (Å²) in [6, 6.07) is 10.7. The molecule has 20 heavy (non-hydrogen) atoms. The second-order valence-corrected chi connectivity index (χ2v) is 5.90. The lowest BCUT2D eigenvalue weighted by Gasteiger charge is -2.53. The summed E-state index contributed by atoms with van der Waals surface area (Å²) in [5, 5.41) is 4.55. The Bertz CT molecular complexity index is 613. The molecule has 1 heterocycles. The monoisotopic (exact) mass is 270 g/mol. The van der Waals surface area contributed by atoms with Gasteiger partial charge in [0.1, 0.15) is 11.9 Å². The molecular weight excluding hydrogens is 248 g/mol. The molecule has 3 atom stereocenters. The molecule has 3 rings (SSSR count). The highest BCUT2D eigenvalue weighted by molar-refractivity contribution is 5.79. The Hall–Kier alpha value is -1.61. The summed E-state index contributed by atoms with van der Waals surface area (Å²) in [4.78, 5) is 4.39. The molecule has 1 aliphatic carbocycles. The first-order valence-corrected chi connectivity index (χ1v) is 7.36. The van der Waals surface area contributed by atoms with Crippen LogP contribution in [0.1, 0.15) is 26.7 Å². The number of hydrogen-bond acceptors (Lipinski definition) is 3. The Morgan fingerprint density at radius 1 is 1.40 bits per heavy atom. The lowest BCUT2D eigenvalue weighted by atomic mass is 9.61. The van der Waals surface area contributed by atoms with E-state index in [9.17, 15) is 0 Å². The van der Waals surface area contributed by atoms with E-state index in [1.807, 2.05) is 31.4 Å². The van der Waals surface area contributed by atoms with Gasteiger partial charge >= 0.3 is 0 Å².